The molecule has 0 unspecified atom stereocenters. The second-order valence-corrected chi connectivity index (χ2v) is 16.1. The van der Waals surface area contributed by atoms with Crippen molar-refractivity contribution in [2.24, 2.45) is 0 Å². The Morgan fingerprint density at radius 1 is 1.02 bits per heavy atom. The van der Waals surface area contributed by atoms with Crippen LogP contribution in [0.5, 0.6) is 5.75 Å². The normalized spacial score (nSPS) is 15.4. The average Bonchev–Trinajstić information content (AvgIpc) is 4.03. The number of rotatable bonds is 15. The summed E-state index contributed by atoms with van der Waals surface area (Å²) in [5, 5.41) is 2.79. The molecule has 3 aromatic rings. The number of hydrogen-bond acceptors (Lipinski definition) is 11. The summed E-state index contributed by atoms with van der Waals surface area (Å²) in [7, 11) is 0. The highest BCUT2D eigenvalue weighted by Gasteiger charge is 2.33. The number of ether oxygens (including phenoxy) is 4. The van der Waals surface area contributed by atoms with Crippen LogP contribution in [-0.4, -0.2) is 58.3 Å². The highest BCUT2D eigenvalue weighted by Crippen LogP contribution is 2.43. The number of nitrogens with one attached hydrogen (secondary N) is 1. The van der Waals surface area contributed by atoms with Gasteiger partial charge in [0.15, 0.2) is 5.75 Å². The van der Waals surface area contributed by atoms with Gasteiger partial charge in [-0.3, -0.25) is 19.4 Å². The third kappa shape index (κ3) is 11.8. The van der Waals surface area contributed by atoms with Crippen LogP contribution >= 0.6 is 11.6 Å². The average molecular weight is 833 g/mol. The summed E-state index contributed by atoms with van der Waals surface area (Å²) < 4.78 is 40.4. The molecule has 0 bridgehead atoms. The van der Waals surface area contributed by atoms with Crippen LogP contribution in [-0.2, 0) is 37.0 Å². The molecule has 59 heavy (non-hydrogen) atoms. The summed E-state index contributed by atoms with van der Waals surface area (Å²) in [5.74, 6) is 1.93. The van der Waals surface area contributed by atoms with Crippen molar-refractivity contribution in [1.29, 1.82) is 0 Å². The topological polar surface area (TPSA) is 155 Å². The van der Waals surface area contributed by atoms with E-state index in [4.69, 9.17) is 43.4 Å². The van der Waals surface area contributed by atoms with E-state index in [1.54, 1.807) is 37.2 Å². The molecule has 2 fully saturated rings. The number of benzene rings is 1. The Morgan fingerprint density at radius 3 is 2.31 bits per heavy atom. The van der Waals surface area contributed by atoms with Gasteiger partial charge in [0.2, 0.25) is 5.43 Å². The number of anilines is 1. The molecule has 2 aliphatic rings. The molecule has 1 aromatic carbocycles. The van der Waals surface area contributed by atoms with Crippen molar-refractivity contribution in [3.8, 4) is 30.4 Å². The third-order valence-electron chi connectivity index (χ3n) is 9.82. The number of amides is 1. The monoisotopic (exact) mass is 832 g/mol. The molecular weight excluding hydrogens is 783 g/mol. The second kappa shape index (κ2) is 19.9. The lowest BCUT2D eigenvalue weighted by Gasteiger charge is -2.29. The number of carbonyl (C=O) groups is 4. The van der Waals surface area contributed by atoms with Crippen LogP contribution in [0.25, 0.3) is 10.9 Å². The lowest BCUT2D eigenvalue weighted by atomic mass is 10.1. The van der Waals surface area contributed by atoms with E-state index in [2.05, 4.69) is 22.1 Å². The number of fused-ring (bicyclic) bond motifs is 1. The third-order valence-corrected chi connectivity index (χ3v) is 10.2. The number of unbranched alkanes of at least 4 members (excludes halogenated alkanes) is 2. The van der Waals surface area contributed by atoms with Gasteiger partial charge in [0.25, 0.3) is 0 Å². The fourth-order valence-electron chi connectivity index (χ4n) is 6.81. The van der Waals surface area contributed by atoms with Crippen LogP contribution in [0.4, 0.5) is 14.9 Å². The number of halogens is 2. The van der Waals surface area contributed by atoms with Gasteiger partial charge in [0, 0.05) is 74.4 Å². The van der Waals surface area contributed by atoms with E-state index in [0.29, 0.717) is 50.6 Å². The molecule has 1 saturated heterocycles. The minimum atomic E-state index is -1.06. The zero-order chi connectivity index (χ0) is 42.9. The highest BCUT2D eigenvalue weighted by atomic mass is 35.5. The van der Waals surface area contributed by atoms with E-state index in [1.807, 2.05) is 0 Å². The number of pyridine rings is 2. The van der Waals surface area contributed by atoms with Gasteiger partial charge in [-0.15, -0.1) is 24.7 Å². The number of terminal acetylenes is 2. The van der Waals surface area contributed by atoms with E-state index >= 15 is 4.39 Å². The van der Waals surface area contributed by atoms with Gasteiger partial charge in [-0.1, -0.05) is 11.6 Å². The predicted octanol–water partition coefficient (Wildman–Crippen LogP) is 7.63. The minimum Gasteiger partial charge on any atom is -0.461 e. The second-order valence-electron chi connectivity index (χ2n) is 15.7. The van der Waals surface area contributed by atoms with Crippen LogP contribution in [0, 0.1) is 37.4 Å². The van der Waals surface area contributed by atoms with Crippen molar-refractivity contribution in [3.63, 3.8) is 0 Å². The Balaban J connectivity index is 1.48. The highest BCUT2D eigenvalue weighted by molar-refractivity contribution is 6.38. The van der Waals surface area contributed by atoms with E-state index in [9.17, 15) is 24.0 Å². The zero-order valence-corrected chi connectivity index (χ0v) is 34.7. The molecular formula is C44H50ClFN4O9. The summed E-state index contributed by atoms with van der Waals surface area (Å²) in [6, 6.07) is 0.606. The van der Waals surface area contributed by atoms with Gasteiger partial charge < -0.3 is 33.7 Å². The number of alkyl carbamates (subject to hydrolysis) is 1. The van der Waals surface area contributed by atoms with E-state index in [0.717, 1.165) is 25.3 Å². The number of nitrogens with zero attached hydrogens (tertiary/aromatic N) is 3. The Bertz CT molecular complexity index is 2230. The van der Waals surface area contributed by atoms with Gasteiger partial charge in [0.1, 0.15) is 30.2 Å². The maximum absolute atomic E-state index is 16.3. The van der Waals surface area contributed by atoms with Crippen molar-refractivity contribution in [3.05, 3.63) is 61.9 Å². The first-order valence-corrected chi connectivity index (χ1v) is 20.2. The van der Waals surface area contributed by atoms with Crippen molar-refractivity contribution in [2.45, 2.75) is 129 Å². The molecule has 5 rings (SSSR count). The Hall–Kier alpha value is -5.60. The summed E-state index contributed by atoms with van der Waals surface area (Å²) in [6.07, 6.45) is 18.1. The largest absolute Gasteiger partial charge is 0.461 e. The quantitative estimate of drug-likeness (QED) is 0.0696. The van der Waals surface area contributed by atoms with E-state index in [-0.39, 0.29) is 88.9 Å². The fraction of sp³-hybridized carbons (Fsp3) is 0.500. The van der Waals surface area contributed by atoms with Crippen LogP contribution in [0.2, 0.25) is 5.02 Å². The molecule has 15 heteroatoms. The number of aryl methyl sites for hydroxylation is 1. The first-order valence-electron chi connectivity index (χ1n) is 19.8. The van der Waals surface area contributed by atoms with Crippen molar-refractivity contribution >= 4 is 52.2 Å². The molecule has 1 N–H and O–H groups in total. The van der Waals surface area contributed by atoms with E-state index < -0.39 is 40.8 Å². The van der Waals surface area contributed by atoms with Crippen LogP contribution < -0.4 is 20.4 Å². The van der Waals surface area contributed by atoms with Gasteiger partial charge in [0.05, 0.1) is 27.3 Å². The molecule has 1 saturated carbocycles. The first kappa shape index (κ1) is 44.5. The Labute approximate surface area is 348 Å². The maximum Gasteiger partial charge on any atom is 0.407 e. The van der Waals surface area contributed by atoms with Gasteiger partial charge >= 0.3 is 24.0 Å². The lowest BCUT2D eigenvalue weighted by Crippen LogP contribution is -2.45. The van der Waals surface area contributed by atoms with Gasteiger partial charge in [-0.2, -0.15) is 0 Å². The van der Waals surface area contributed by atoms with Crippen molar-refractivity contribution in [2.75, 3.05) is 18.0 Å². The Morgan fingerprint density at radius 2 is 1.68 bits per heavy atom. The number of aromatic nitrogens is 2. The fourth-order valence-corrected chi connectivity index (χ4v) is 7.22. The molecule has 1 atom stereocenters. The smallest absolute Gasteiger partial charge is 0.407 e. The summed E-state index contributed by atoms with van der Waals surface area (Å²) in [4.78, 5) is 72.0. The zero-order valence-electron chi connectivity index (χ0n) is 33.9. The summed E-state index contributed by atoms with van der Waals surface area (Å²) in [6.45, 7) is 6.92. The molecule has 2 aromatic heterocycles. The SMILES string of the molecule is C#CCCCC(=O)OCc1cnc(C)c(OC(=O)c2cn(C3CC3)c3c(Cl)c(N4CCCC[C@@H](NC(=O)OC(C)(C)C)C4)c(F)cc3c2=O)c1COC(=O)CCCC#C. The van der Waals surface area contributed by atoms with Gasteiger partial charge in [-0.05, 0) is 78.7 Å². The summed E-state index contributed by atoms with van der Waals surface area (Å²) >= 11 is 7.06. The molecule has 1 amide bonds. The molecule has 13 nitrogen and oxygen atoms in total. The molecule has 3 heterocycles. The predicted molar refractivity (Wildman–Crippen MR) is 220 cm³/mol. The maximum atomic E-state index is 16.3. The standard InChI is InChI=1S/C44H50ClFN4O9/c1-7-9-11-16-35(51)56-25-28-22-47-27(3)41(33(28)26-57-36(52)17-12-10-8-2)58-42(54)32-24-50(30-18-19-30)38-31(40(32)53)21-34(46)39(37(38)45)49-20-14-13-15-29(23-49)48-43(55)59-44(4,5)6/h1-2,21-22,24,29-30H,9-20,23,25-26H2,3-6H3,(H,48,55)/t29-/m1/s1. The molecule has 0 spiro atoms. The molecule has 1 aliphatic carbocycles. The van der Waals surface area contributed by atoms with Crippen molar-refractivity contribution in [1.82, 2.24) is 14.9 Å². The number of esters is 3. The van der Waals surface area contributed by atoms with E-state index in [1.165, 1.54) is 12.4 Å². The minimum absolute atomic E-state index is 0.00904. The first-order chi connectivity index (χ1) is 28.1. The van der Waals surface area contributed by atoms with Crippen molar-refractivity contribution < 1.29 is 42.5 Å². The number of carbonyl (C=O) groups excluding carboxylic acids is 4. The molecule has 1 aliphatic heterocycles. The van der Waals surface area contributed by atoms with Crippen LogP contribution in [0.3, 0.4) is 0 Å². The Kier molecular flexibility index (Phi) is 15.0. The number of hydrogen-bond donors (Lipinski definition) is 1. The molecule has 314 valence electrons. The van der Waals surface area contributed by atoms with Crippen LogP contribution in [0.15, 0.2) is 23.3 Å². The summed E-state index contributed by atoms with van der Waals surface area (Å²) in [5.41, 5.74) is -0.800. The molecule has 0 radical (unpaired) electrons. The van der Waals surface area contributed by atoms with Gasteiger partial charge in [-0.25, -0.2) is 14.0 Å². The lowest BCUT2D eigenvalue weighted by molar-refractivity contribution is -0.146. The van der Waals surface area contributed by atoms with Crippen LogP contribution in [0.1, 0.15) is 125 Å².